The molecule has 1 heterocycles. The van der Waals surface area contributed by atoms with Gasteiger partial charge in [-0.1, -0.05) is 48.5 Å². The van der Waals surface area contributed by atoms with Crippen molar-refractivity contribution in [3.05, 3.63) is 78.4 Å². The normalized spacial score (nSPS) is 11.1. The van der Waals surface area contributed by atoms with Gasteiger partial charge in [-0.15, -0.1) is 10.2 Å². The SMILES string of the molecule is CS(=O)(=O)Nc1ccc(N(Cc2ccccc2)c2ccccc2)nn1. The summed E-state index contributed by atoms with van der Waals surface area (Å²) in [4.78, 5) is 2.02. The van der Waals surface area contributed by atoms with E-state index in [1.807, 2.05) is 65.6 Å². The molecule has 3 aromatic rings. The monoisotopic (exact) mass is 354 g/mol. The van der Waals surface area contributed by atoms with Crippen molar-refractivity contribution in [1.82, 2.24) is 10.2 Å². The van der Waals surface area contributed by atoms with Gasteiger partial charge in [0.15, 0.2) is 11.6 Å². The van der Waals surface area contributed by atoms with Crippen molar-refractivity contribution in [2.45, 2.75) is 6.54 Å². The number of rotatable bonds is 6. The lowest BCUT2D eigenvalue weighted by molar-refractivity contribution is 0.606. The molecule has 0 radical (unpaired) electrons. The first-order valence-corrected chi connectivity index (χ1v) is 9.58. The van der Waals surface area contributed by atoms with Crippen molar-refractivity contribution in [3.8, 4) is 0 Å². The molecular formula is C18H18N4O2S. The van der Waals surface area contributed by atoms with E-state index in [1.165, 1.54) is 0 Å². The van der Waals surface area contributed by atoms with Gasteiger partial charge in [0.05, 0.1) is 6.26 Å². The average Bonchev–Trinajstić information content (AvgIpc) is 2.61. The van der Waals surface area contributed by atoms with Gasteiger partial charge in [-0.25, -0.2) is 8.42 Å². The van der Waals surface area contributed by atoms with Crippen LogP contribution in [0.5, 0.6) is 0 Å². The molecule has 0 aliphatic carbocycles. The molecule has 0 unspecified atom stereocenters. The molecule has 1 N–H and O–H groups in total. The second-order valence-electron chi connectivity index (χ2n) is 5.56. The summed E-state index contributed by atoms with van der Waals surface area (Å²) in [5.41, 5.74) is 2.11. The summed E-state index contributed by atoms with van der Waals surface area (Å²) in [6, 6.07) is 23.2. The summed E-state index contributed by atoms with van der Waals surface area (Å²) in [6.07, 6.45) is 1.08. The molecule has 2 aromatic carbocycles. The summed E-state index contributed by atoms with van der Waals surface area (Å²) in [5, 5.41) is 8.15. The molecule has 0 saturated heterocycles. The van der Waals surface area contributed by atoms with E-state index in [2.05, 4.69) is 14.9 Å². The van der Waals surface area contributed by atoms with Crippen LogP contribution >= 0.6 is 0 Å². The van der Waals surface area contributed by atoms with Crippen LogP contribution in [0.15, 0.2) is 72.8 Å². The van der Waals surface area contributed by atoms with Crippen molar-refractivity contribution in [3.63, 3.8) is 0 Å². The predicted octanol–water partition coefficient (Wildman–Crippen LogP) is 3.19. The van der Waals surface area contributed by atoms with Gasteiger partial charge in [0.25, 0.3) is 0 Å². The largest absolute Gasteiger partial charge is 0.320 e. The zero-order valence-corrected chi connectivity index (χ0v) is 14.5. The number of para-hydroxylation sites is 1. The first-order chi connectivity index (χ1) is 12.0. The number of anilines is 3. The Morgan fingerprint density at radius 2 is 1.52 bits per heavy atom. The molecule has 25 heavy (non-hydrogen) atoms. The van der Waals surface area contributed by atoms with Crippen LogP contribution in [0.2, 0.25) is 0 Å². The van der Waals surface area contributed by atoms with Gasteiger partial charge in [-0.2, -0.15) is 0 Å². The van der Waals surface area contributed by atoms with E-state index in [0.717, 1.165) is 17.5 Å². The Bertz CT molecular complexity index is 914. The van der Waals surface area contributed by atoms with Gasteiger partial charge in [-0.05, 0) is 29.8 Å². The van der Waals surface area contributed by atoms with Crippen molar-refractivity contribution >= 4 is 27.3 Å². The maximum atomic E-state index is 11.3. The van der Waals surface area contributed by atoms with Crippen LogP contribution in [-0.2, 0) is 16.6 Å². The lowest BCUT2D eigenvalue weighted by Crippen LogP contribution is -2.19. The fourth-order valence-corrected chi connectivity index (χ4v) is 2.88. The zero-order chi connectivity index (χ0) is 17.7. The minimum atomic E-state index is -3.38. The topological polar surface area (TPSA) is 75.2 Å². The Balaban J connectivity index is 1.91. The smallest absolute Gasteiger partial charge is 0.231 e. The molecule has 0 atom stereocenters. The summed E-state index contributed by atoms with van der Waals surface area (Å²) in [6.45, 7) is 0.623. The van der Waals surface area contributed by atoms with E-state index in [1.54, 1.807) is 12.1 Å². The molecule has 0 bridgehead atoms. The van der Waals surface area contributed by atoms with Crippen molar-refractivity contribution in [2.75, 3.05) is 15.9 Å². The number of hydrogen-bond acceptors (Lipinski definition) is 5. The first kappa shape index (κ1) is 16.9. The zero-order valence-electron chi connectivity index (χ0n) is 13.7. The molecule has 3 rings (SSSR count). The van der Waals surface area contributed by atoms with E-state index in [0.29, 0.717) is 12.4 Å². The Kier molecular flexibility index (Phi) is 4.95. The Labute approximate surface area is 147 Å². The van der Waals surface area contributed by atoms with Crippen molar-refractivity contribution in [2.24, 2.45) is 0 Å². The number of sulfonamides is 1. The minimum absolute atomic E-state index is 0.193. The van der Waals surface area contributed by atoms with Crippen LogP contribution in [0.4, 0.5) is 17.3 Å². The second-order valence-corrected chi connectivity index (χ2v) is 7.31. The molecule has 0 saturated carbocycles. The number of hydrogen-bond donors (Lipinski definition) is 1. The molecule has 0 aliphatic rings. The Hall–Kier alpha value is -2.93. The molecule has 0 aliphatic heterocycles. The molecule has 6 nitrogen and oxygen atoms in total. The van der Waals surface area contributed by atoms with E-state index < -0.39 is 10.0 Å². The molecular weight excluding hydrogens is 336 g/mol. The molecule has 7 heteroatoms. The maximum absolute atomic E-state index is 11.3. The third-order valence-corrected chi connectivity index (χ3v) is 4.05. The molecule has 0 amide bonds. The van der Waals surface area contributed by atoms with Gasteiger partial charge in [0, 0.05) is 12.2 Å². The van der Waals surface area contributed by atoms with Gasteiger partial charge in [0.2, 0.25) is 10.0 Å². The Morgan fingerprint density at radius 3 is 2.08 bits per heavy atom. The second kappa shape index (κ2) is 7.31. The molecule has 128 valence electrons. The maximum Gasteiger partial charge on any atom is 0.231 e. The molecule has 0 fully saturated rings. The fraction of sp³-hybridized carbons (Fsp3) is 0.111. The molecule has 1 aromatic heterocycles. The quantitative estimate of drug-likeness (QED) is 0.736. The number of nitrogens with zero attached hydrogens (tertiary/aromatic N) is 3. The Morgan fingerprint density at radius 1 is 0.880 bits per heavy atom. The number of aromatic nitrogens is 2. The third-order valence-electron chi connectivity index (χ3n) is 3.47. The number of nitrogens with one attached hydrogen (secondary N) is 1. The van der Waals surface area contributed by atoms with E-state index in [4.69, 9.17) is 0 Å². The fourth-order valence-electron chi connectivity index (χ4n) is 2.39. The van der Waals surface area contributed by atoms with Gasteiger partial charge < -0.3 is 4.90 Å². The summed E-state index contributed by atoms with van der Waals surface area (Å²) in [5.74, 6) is 0.827. The van der Waals surface area contributed by atoms with Crippen LogP contribution in [0.1, 0.15) is 5.56 Å². The minimum Gasteiger partial charge on any atom is -0.320 e. The highest BCUT2D eigenvalue weighted by Crippen LogP contribution is 2.25. The summed E-state index contributed by atoms with van der Waals surface area (Å²) in [7, 11) is -3.38. The van der Waals surface area contributed by atoms with Crippen LogP contribution in [0.25, 0.3) is 0 Å². The van der Waals surface area contributed by atoms with Crippen molar-refractivity contribution < 1.29 is 8.42 Å². The molecule has 0 spiro atoms. The van der Waals surface area contributed by atoms with Crippen LogP contribution in [0, 0.1) is 0 Å². The lowest BCUT2D eigenvalue weighted by Gasteiger charge is -2.23. The number of benzene rings is 2. The first-order valence-electron chi connectivity index (χ1n) is 7.69. The predicted molar refractivity (Wildman–Crippen MR) is 99.2 cm³/mol. The highest BCUT2D eigenvalue weighted by Gasteiger charge is 2.13. The van der Waals surface area contributed by atoms with Gasteiger partial charge in [0.1, 0.15) is 0 Å². The third kappa shape index (κ3) is 4.77. The van der Waals surface area contributed by atoms with E-state index in [-0.39, 0.29) is 5.82 Å². The van der Waals surface area contributed by atoms with Crippen LogP contribution in [-0.4, -0.2) is 24.9 Å². The van der Waals surface area contributed by atoms with Crippen LogP contribution < -0.4 is 9.62 Å². The highest BCUT2D eigenvalue weighted by atomic mass is 32.2. The highest BCUT2D eigenvalue weighted by molar-refractivity contribution is 7.92. The van der Waals surface area contributed by atoms with Crippen LogP contribution in [0.3, 0.4) is 0 Å². The summed E-state index contributed by atoms with van der Waals surface area (Å²) < 4.78 is 24.9. The van der Waals surface area contributed by atoms with Gasteiger partial charge in [-0.3, -0.25) is 4.72 Å². The average molecular weight is 354 g/mol. The summed E-state index contributed by atoms with van der Waals surface area (Å²) >= 11 is 0. The van der Waals surface area contributed by atoms with E-state index >= 15 is 0 Å². The van der Waals surface area contributed by atoms with Gasteiger partial charge >= 0.3 is 0 Å². The van der Waals surface area contributed by atoms with Crippen molar-refractivity contribution in [1.29, 1.82) is 0 Å². The lowest BCUT2D eigenvalue weighted by atomic mass is 10.2. The standard InChI is InChI=1S/C18H18N4O2S/c1-25(23,24)21-17-12-13-18(20-19-17)22(16-10-6-3-7-11-16)14-15-8-4-2-5-9-15/h2-13H,14H2,1H3,(H,19,21). The van der Waals surface area contributed by atoms with E-state index in [9.17, 15) is 8.42 Å².